The maximum Gasteiger partial charge on any atom is 0.0238 e. The number of nitrogens with zero attached hydrogens (tertiary/aromatic N) is 2. The van der Waals surface area contributed by atoms with Crippen molar-refractivity contribution in [3.8, 4) is 0 Å². The molecule has 0 N–H and O–H groups in total. The minimum absolute atomic E-state index is 0.750. The van der Waals surface area contributed by atoms with Crippen LogP contribution in [0.5, 0.6) is 0 Å². The largest absolute Gasteiger partial charge is 0.300 e. The molecule has 2 heterocycles. The van der Waals surface area contributed by atoms with Crippen LogP contribution in [0.3, 0.4) is 0 Å². The highest BCUT2D eigenvalue weighted by Crippen LogP contribution is 2.21. The summed E-state index contributed by atoms with van der Waals surface area (Å²) in [6.45, 7) is 9.89. The summed E-state index contributed by atoms with van der Waals surface area (Å²) >= 11 is 0. The van der Waals surface area contributed by atoms with Crippen LogP contribution in [0.25, 0.3) is 0 Å². The number of piperazine rings is 1. The predicted molar refractivity (Wildman–Crippen MR) is 46.7 cm³/mol. The van der Waals surface area contributed by atoms with Crippen molar-refractivity contribution in [2.45, 2.75) is 32.4 Å². The Morgan fingerprint density at radius 3 is 2.73 bits per heavy atom. The van der Waals surface area contributed by atoms with Gasteiger partial charge in [0.2, 0.25) is 0 Å². The molecular weight excluding hydrogens is 136 g/mol. The molecule has 2 bridgehead atoms. The molecule has 64 valence electrons. The lowest BCUT2D eigenvalue weighted by atomic mass is 10.1. The summed E-state index contributed by atoms with van der Waals surface area (Å²) in [5, 5.41) is 0. The van der Waals surface area contributed by atoms with E-state index in [0.29, 0.717) is 0 Å². The molecule has 0 aromatic heterocycles. The van der Waals surface area contributed by atoms with Crippen molar-refractivity contribution >= 4 is 0 Å². The van der Waals surface area contributed by atoms with Crippen LogP contribution in [0.15, 0.2) is 0 Å². The van der Waals surface area contributed by atoms with Crippen molar-refractivity contribution in [2.75, 3.05) is 26.2 Å². The molecule has 0 amide bonds. The second kappa shape index (κ2) is 2.76. The lowest BCUT2D eigenvalue weighted by Crippen LogP contribution is -2.49. The van der Waals surface area contributed by atoms with Gasteiger partial charge in [-0.25, -0.2) is 0 Å². The molecule has 2 fully saturated rings. The van der Waals surface area contributed by atoms with Crippen molar-refractivity contribution in [1.29, 1.82) is 0 Å². The third kappa shape index (κ3) is 1.30. The number of rotatable bonds is 1. The second-order valence-electron chi connectivity index (χ2n) is 4.07. The average molecular weight is 154 g/mol. The molecule has 0 aromatic rings. The zero-order chi connectivity index (χ0) is 7.84. The second-order valence-corrected chi connectivity index (χ2v) is 4.07. The molecule has 2 nitrogen and oxygen atoms in total. The average Bonchev–Trinajstić information content (AvgIpc) is 2.32. The Kier molecular flexibility index (Phi) is 1.90. The van der Waals surface area contributed by atoms with Crippen molar-refractivity contribution < 1.29 is 0 Å². The van der Waals surface area contributed by atoms with Gasteiger partial charge in [0.1, 0.15) is 0 Å². The van der Waals surface area contributed by atoms with Crippen LogP contribution in [0.2, 0.25) is 0 Å². The van der Waals surface area contributed by atoms with E-state index in [2.05, 4.69) is 23.6 Å². The van der Waals surface area contributed by atoms with Crippen molar-refractivity contribution in [2.24, 2.45) is 0 Å². The molecule has 2 unspecified atom stereocenters. The normalized spacial score (nSPS) is 38.5. The highest BCUT2D eigenvalue weighted by molar-refractivity contribution is 4.89. The van der Waals surface area contributed by atoms with E-state index in [9.17, 15) is 0 Å². The van der Waals surface area contributed by atoms with Crippen LogP contribution in [0.1, 0.15) is 20.3 Å². The van der Waals surface area contributed by atoms with E-state index in [1.807, 2.05) is 0 Å². The Labute approximate surface area is 69.2 Å². The Morgan fingerprint density at radius 2 is 2.00 bits per heavy atom. The molecule has 0 aliphatic carbocycles. The van der Waals surface area contributed by atoms with Gasteiger partial charge in [-0.3, -0.25) is 4.90 Å². The van der Waals surface area contributed by atoms with E-state index in [1.54, 1.807) is 0 Å². The van der Waals surface area contributed by atoms with Crippen molar-refractivity contribution in [3.05, 3.63) is 0 Å². The SMILES string of the molecule is CC(C)N1CCN2CCC1C2. The fraction of sp³-hybridized carbons (Fsp3) is 1.00. The van der Waals surface area contributed by atoms with Gasteiger partial charge >= 0.3 is 0 Å². The standard InChI is InChI=1S/C9H18N2/c1-8(2)11-6-5-10-4-3-9(11)7-10/h8-9H,3-7H2,1-2H3. The summed E-state index contributed by atoms with van der Waals surface area (Å²) in [6.07, 6.45) is 1.40. The van der Waals surface area contributed by atoms with E-state index < -0.39 is 0 Å². The van der Waals surface area contributed by atoms with Gasteiger partial charge in [0, 0.05) is 31.7 Å². The lowest BCUT2D eigenvalue weighted by Gasteiger charge is -2.37. The van der Waals surface area contributed by atoms with Gasteiger partial charge in [0.15, 0.2) is 0 Å². The van der Waals surface area contributed by atoms with Crippen LogP contribution in [0, 0.1) is 0 Å². The third-order valence-electron chi connectivity index (χ3n) is 3.05. The minimum Gasteiger partial charge on any atom is -0.300 e. The van der Waals surface area contributed by atoms with Gasteiger partial charge in [-0.15, -0.1) is 0 Å². The van der Waals surface area contributed by atoms with Gasteiger partial charge in [0.25, 0.3) is 0 Å². The first-order valence-electron chi connectivity index (χ1n) is 4.75. The lowest BCUT2D eigenvalue weighted by molar-refractivity contribution is 0.105. The molecule has 2 rings (SSSR count). The molecule has 2 heteroatoms. The first kappa shape index (κ1) is 7.56. The maximum atomic E-state index is 2.66. The monoisotopic (exact) mass is 154 g/mol. The van der Waals surface area contributed by atoms with E-state index in [-0.39, 0.29) is 0 Å². The molecule has 2 aliphatic rings. The smallest absolute Gasteiger partial charge is 0.0238 e. The first-order valence-corrected chi connectivity index (χ1v) is 4.75. The van der Waals surface area contributed by atoms with Gasteiger partial charge in [-0.1, -0.05) is 0 Å². The topological polar surface area (TPSA) is 6.48 Å². The molecular formula is C9H18N2. The quantitative estimate of drug-likeness (QED) is 0.551. The van der Waals surface area contributed by atoms with E-state index in [0.717, 1.165) is 12.1 Å². The summed E-state index contributed by atoms with van der Waals surface area (Å²) < 4.78 is 0. The van der Waals surface area contributed by atoms with Crippen LogP contribution >= 0.6 is 0 Å². The van der Waals surface area contributed by atoms with Gasteiger partial charge in [0.05, 0.1) is 0 Å². The zero-order valence-electron chi connectivity index (χ0n) is 7.58. The van der Waals surface area contributed by atoms with Gasteiger partial charge < -0.3 is 4.90 Å². The third-order valence-corrected chi connectivity index (χ3v) is 3.05. The molecule has 0 aromatic carbocycles. The fourth-order valence-electron chi connectivity index (χ4n) is 2.41. The number of hydrogen-bond acceptors (Lipinski definition) is 2. The molecule has 2 aliphatic heterocycles. The fourth-order valence-corrected chi connectivity index (χ4v) is 2.41. The molecule has 0 radical (unpaired) electrons. The molecule has 0 spiro atoms. The number of fused-ring (bicyclic) bond motifs is 2. The zero-order valence-corrected chi connectivity index (χ0v) is 7.58. The van der Waals surface area contributed by atoms with Crippen molar-refractivity contribution in [1.82, 2.24) is 9.80 Å². The highest BCUT2D eigenvalue weighted by atomic mass is 15.3. The van der Waals surface area contributed by atoms with Crippen LogP contribution < -0.4 is 0 Å². The molecule has 11 heavy (non-hydrogen) atoms. The Morgan fingerprint density at radius 1 is 1.18 bits per heavy atom. The van der Waals surface area contributed by atoms with E-state index in [1.165, 1.54) is 32.6 Å². The first-order chi connectivity index (χ1) is 5.27. The predicted octanol–water partition coefficient (Wildman–Crippen LogP) is 0.785. The van der Waals surface area contributed by atoms with Crippen LogP contribution in [-0.2, 0) is 0 Å². The molecule has 0 saturated carbocycles. The van der Waals surface area contributed by atoms with Crippen LogP contribution in [0.4, 0.5) is 0 Å². The minimum atomic E-state index is 0.750. The summed E-state index contributed by atoms with van der Waals surface area (Å²) in [5.41, 5.74) is 0. The van der Waals surface area contributed by atoms with Crippen molar-refractivity contribution in [3.63, 3.8) is 0 Å². The highest BCUT2D eigenvalue weighted by Gasteiger charge is 2.33. The summed E-state index contributed by atoms with van der Waals surface area (Å²) in [6, 6.07) is 1.63. The molecule has 2 atom stereocenters. The maximum absolute atomic E-state index is 2.66. The summed E-state index contributed by atoms with van der Waals surface area (Å²) in [7, 11) is 0. The molecule has 2 saturated heterocycles. The number of hydrogen-bond donors (Lipinski definition) is 0. The Hall–Kier alpha value is -0.0800. The Balaban J connectivity index is 2.01. The van der Waals surface area contributed by atoms with Crippen LogP contribution in [-0.4, -0.2) is 48.1 Å². The van der Waals surface area contributed by atoms with E-state index in [4.69, 9.17) is 0 Å². The summed E-state index contributed by atoms with van der Waals surface area (Å²) in [4.78, 5) is 5.24. The van der Waals surface area contributed by atoms with Gasteiger partial charge in [-0.05, 0) is 26.8 Å². The Bertz CT molecular complexity index is 144. The summed E-state index contributed by atoms with van der Waals surface area (Å²) in [5.74, 6) is 0. The van der Waals surface area contributed by atoms with Gasteiger partial charge in [-0.2, -0.15) is 0 Å². The van der Waals surface area contributed by atoms with E-state index >= 15 is 0 Å².